The van der Waals surface area contributed by atoms with E-state index in [0.29, 0.717) is 0 Å². The molecule has 1 aliphatic carbocycles. The van der Waals surface area contributed by atoms with Gasteiger partial charge < -0.3 is 10.6 Å². The summed E-state index contributed by atoms with van der Waals surface area (Å²) in [6.07, 6.45) is 7.69. The molecule has 1 aliphatic heterocycles. The van der Waals surface area contributed by atoms with Crippen LogP contribution in [0.4, 0.5) is 5.69 Å². The van der Waals surface area contributed by atoms with Crippen LogP contribution in [0.2, 0.25) is 0 Å². The zero-order chi connectivity index (χ0) is 11.7. The molecule has 0 amide bonds. The van der Waals surface area contributed by atoms with Crippen molar-refractivity contribution in [3.8, 4) is 0 Å². The van der Waals surface area contributed by atoms with Gasteiger partial charge in [-0.2, -0.15) is 0 Å². The molecule has 1 heterocycles. The average Bonchev–Trinajstić information content (AvgIpc) is 2.69. The van der Waals surface area contributed by atoms with E-state index in [1.165, 1.54) is 37.8 Å². The molecule has 2 heteroatoms. The molecule has 0 radical (unpaired) electrons. The van der Waals surface area contributed by atoms with E-state index in [-0.39, 0.29) is 0 Å². The topological polar surface area (TPSA) is 29.3 Å². The van der Waals surface area contributed by atoms with Crippen LogP contribution in [0.5, 0.6) is 0 Å². The minimum atomic E-state index is 0.799. The first-order valence-electron chi connectivity index (χ1n) is 6.97. The molecule has 17 heavy (non-hydrogen) atoms. The van der Waals surface area contributed by atoms with Crippen LogP contribution < -0.4 is 10.6 Å². The van der Waals surface area contributed by atoms with E-state index >= 15 is 0 Å². The van der Waals surface area contributed by atoms with Gasteiger partial charge in [0, 0.05) is 18.3 Å². The molecule has 2 nitrogen and oxygen atoms in total. The summed E-state index contributed by atoms with van der Waals surface area (Å²) in [5, 5.41) is 0. The Hall–Kier alpha value is -1.02. The predicted molar refractivity (Wildman–Crippen MR) is 72.5 cm³/mol. The lowest BCUT2D eigenvalue weighted by molar-refractivity contribution is 0.392. The molecule has 0 aromatic heterocycles. The highest BCUT2D eigenvalue weighted by atomic mass is 15.2. The van der Waals surface area contributed by atoms with Crippen LogP contribution in [-0.2, 0) is 12.8 Å². The minimum absolute atomic E-state index is 0.799. The number of rotatable bonds is 4. The highest BCUT2D eigenvalue weighted by Gasteiger charge is 2.31. The number of para-hydroxylation sites is 1. The molecule has 1 fully saturated rings. The van der Waals surface area contributed by atoms with Crippen molar-refractivity contribution in [2.24, 2.45) is 5.73 Å². The Kier molecular flexibility index (Phi) is 3.06. The van der Waals surface area contributed by atoms with E-state index in [2.05, 4.69) is 23.1 Å². The number of benzene rings is 1. The number of nitrogens with two attached hydrogens (primary N) is 1. The van der Waals surface area contributed by atoms with E-state index < -0.39 is 0 Å². The Bertz CT molecular complexity index is 396. The van der Waals surface area contributed by atoms with Crippen LogP contribution in [-0.4, -0.2) is 19.1 Å². The maximum atomic E-state index is 5.64. The highest BCUT2D eigenvalue weighted by Crippen LogP contribution is 2.38. The SMILES string of the molecule is NCCCc1cccc2c1N(C1CCC1)CC2. The molecule has 2 aliphatic rings. The predicted octanol–water partition coefficient (Wildman–Crippen LogP) is 2.49. The molecule has 1 aromatic carbocycles. The van der Waals surface area contributed by atoms with Crippen molar-refractivity contribution in [2.45, 2.75) is 44.6 Å². The maximum absolute atomic E-state index is 5.64. The minimum Gasteiger partial charge on any atom is -0.368 e. The van der Waals surface area contributed by atoms with Gasteiger partial charge in [0.2, 0.25) is 0 Å². The molecule has 0 atom stereocenters. The third kappa shape index (κ3) is 1.95. The Morgan fingerprint density at radius 3 is 2.88 bits per heavy atom. The summed E-state index contributed by atoms with van der Waals surface area (Å²) < 4.78 is 0. The first-order valence-corrected chi connectivity index (χ1v) is 6.97. The first kappa shape index (κ1) is 11.1. The molecule has 92 valence electrons. The summed E-state index contributed by atoms with van der Waals surface area (Å²) in [5.74, 6) is 0. The standard InChI is InChI=1S/C15H22N2/c16-10-3-6-12-4-1-5-13-9-11-17(15(12)13)14-7-2-8-14/h1,4-5,14H,2-3,6-11,16H2. The fraction of sp³-hybridized carbons (Fsp3) is 0.600. The average molecular weight is 230 g/mol. The lowest BCUT2D eigenvalue weighted by Crippen LogP contribution is -2.39. The second-order valence-electron chi connectivity index (χ2n) is 5.35. The number of hydrogen-bond acceptors (Lipinski definition) is 2. The van der Waals surface area contributed by atoms with Crippen molar-refractivity contribution in [1.29, 1.82) is 0 Å². The molecule has 1 aromatic rings. The van der Waals surface area contributed by atoms with Crippen LogP contribution in [0.3, 0.4) is 0 Å². The Morgan fingerprint density at radius 2 is 2.18 bits per heavy atom. The fourth-order valence-corrected chi connectivity index (χ4v) is 3.13. The van der Waals surface area contributed by atoms with Gasteiger partial charge >= 0.3 is 0 Å². The van der Waals surface area contributed by atoms with Gasteiger partial charge in [0.05, 0.1) is 0 Å². The lowest BCUT2D eigenvalue weighted by atomic mass is 9.91. The zero-order valence-electron chi connectivity index (χ0n) is 10.5. The molecule has 0 unspecified atom stereocenters. The monoisotopic (exact) mass is 230 g/mol. The summed E-state index contributed by atoms with van der Waals surface area (Å²) in [7, 11) is 0. The normalized spacial score (nSPS) is 19.2. The summed E-state index contributed by atoms with van der Waals surface area (Å²) in [5.41, 5.74) is 10.3. The Morgan fingerprint density at radius 1 is 1.29 bits per heavy atom. The maximum Gasteiger partial charge on any atom is 0.0434 e. The van der Waals surface area contributed by atoms with Crippen LogP contribution in [0.1, 0.15) is 36.8 Å². The van der Waals surface area contributed by atoms with Gasteiger partial charge in [0.25, 0.3) is 0 Å². The summed E-state index contributed by atoms with van der Waals surface area (Å²) in [4.78, 5) is 2.67. The first-order chi connectivity index (χ1) is 8.40. The van der Waals surface area contributed by atoms with E-state index in [1.54, 1.807) is 11.3 Å². The Labute approximate surface area is 104 Å². The number of aryl methyl sites for hydroxylation is 1. The van der Waals surface area contributed by atoms with Crippen molar-refractivity contribution in [3.63, 3.8) is 0 Å². The molecule has 0 saturated heterocycles. The second-order valence-corrected chi connectivity index (χ2v) is 5.35. The van der Waals surface area contributed by atoms with Gasteiger partial charge in [-0.3, -0.25) is 0 Å². The van der Waals surface area contributed by atoms with Crippen LogP contribution in [0.25, 0.3) is 0 Å². The smallest absolute Gasteiger partial charge is 0.0434 e. The number of nitrogens with zero attached hydrogens (tertiary/aromatic N) is 1. The summed E-state index contributed by atoms with van der Waals surface area (Å²) in [6, 6.07) is 7.65. The quantitative estimate of drug-likeness (QED) is 0.861. The van der Waals surface area contributed by atoms with Crippen LogP contribution >= 0.6 is 0 Å². The van der Waals surface area contributed by atoms with Gasteiger partial charge in [-0.05, 0) is 56.2 Å². The van der Waals surface area contributed by atoms with Crippen molar-refractivity contribution < 1.29 is 0 Å². The molecule has 0 bridgehead atoms. The van der Waals surface area contributed by atoms with Crippen molar-refractivity contribution in [3.05, 3.63) is 29.3 Å². The highest BCUT2D eigenvalue weighted by molar-refractivity contribution is 5.64. The number of hydrogen-bond donors (Lipinski definition) is 1. The van der Waals surface area contributed by atoms with E-state index in [1.807, 2.05) is 0 Å². The Balaban J connectivity index is 1.87. The van der Waals surface area contributed by atoms with Gasteiger partial charge in [0.1, 0.15) is 0 Å². The van der Waals surface area contributed by atoms with E-state index in [9.17, 15) is 0 Å². The molecule has 3 rings (SSSR count). The van der Waals surface area contributed by atoms with Crippen LogP contribution in [0.15, 0.2) is 18.2 Å². The largest absolute Gasteiger partial charge is 0.368 e. The summed E-state index contributed by atoms with van der Waals surface area (Å²) >= 11 is 0. The van der Waals surface area contributed by atoms with E-state index in [4.69, 9.17) is 5.73 Å². The van der Waals surface area contributed by atoms with Gasteiger partial charge in [0.15, 0.2) is 0 Å². The molecular weight excluding hydrogens is 208 g/mol. The van der Waals surface area contributed by atoms with Crippen molar-refractivity contribution >= 4 is 5.69 Å². The van der Waals surface area contributed by atoms with Gasteiger partial charge in [-0.15, -0.1) is 0 Å². The number of fused-ring (bicyclic) bond motifs is 1. The van der Waals surface area contributed by atoms with E-state index in [0.717, 1.165) is 25.4 Å². The third-order valence-corrected chi connectivity index (χ3v) is 4.28. The van der Waals surface area contributed by atoms with Gasteiger partial charge in [-0.1, -0.05) is 18.2 Å². The molecule has 1 saturated carbocycles. The van der Waals surface area contributed by atoms with Crippen molar-refractivity contribution in [1.82, 2.24) is 0 Å². The zero-order valence-corrected chi connectivity index (χ0v) is 10.5. The molecule has 2 N–H and O–H groups in total. The number of anilines is 1. The summed E-state index contributed by atoms with van der Waals surface area (Å²) in [6.45, 7) is 2.03. The van der Waals surface area contributed by atoms with Gasteiger partial charge in [-0.25, -0.2) is 0 Å². The second kappa shape index (κ2) is 4.69. The molecular formula is C15H22N2. The van der Waals surface area contributed by atoms with Crippen LogP contribution in [0, 0.1) is 0 Å². The third-order valence-electron chi connectivity index (χ3n) is 4.28. The van der Waals surface area contributed by atoms with Crippen molar-refractivity contribution in [2.75, 3.05) is 18.0 Å². The molecule has 0 spiro atoms. The fourth-order valence-electron chi connectivity index (χ4n) is 3.13. The lowest BCUT2D eigenvalue weighted by Gasteiger charge is -2.37.